The van der Waals surface area contributed by atoms with Gasteiger partial charge in [-0.05, 0) is 0 Å². The van der Waals surface area contributed by atoms with Crippen molar-refractivity contribution >= 4 is 6.21 Å². The second-order valence-electron chi connectivity index (χ2n) is 1.86. The van der Waals surface area contributed by atoms with Crippen LogP contribution in [0.3, 0.4) is 0 Å². The molecule has 0 amide bonds. The maximum Gasteiger partial charge on any atom is 0.155 e. The van der Waals surface area contributed by atoms with Crippen LogP contribution in [0, 0.1) is 12.3 Å². The van der Waals surface area contributed by atoms with Gasteiger partial charge in [-0.15, -0.1) is 6.42 Å². The summed E-state index contributed by atoms with van der Waals surface area (Å²) in [6.07, 6.45) is 9.62. The van der Waals surface area contributed by atoms with Gasteiger partial charge in [0.2, 0.25) is 0 Å². The van der Waals surface area contributed by atoms with E-state index >= 15 is 0 Å². The van der Waals surface area contributed by atoms with Gasteiger partial charge in [-0.25, -0.2) is 4.98 Å². The lowest BCUT2D eigenvalue weighted by atomic mass is 10.6. The van der Waals surface area contributed by atoms with Crippen LogP contribution in [-0.2, 0) is 6.54 Å². The molecule has 11 heavy (non-hydrogen) atoms. The molecule has 56 valence electrons. The average Bonchev–Trinajstić information content (AvgIpc) is 2.39. The highest BCUT2D eigenvalue weighted by Gasteiger charge is 1.95. The molecule has 1 rings (SSSR count). The lowest BCUT2D eigenvalue weighted by Crippen LogP contribution is -2.00. The van der Waals surface area contributed by atoms with Gasteiger partial charge >= 0.3 is 0 Å². The first-order chi connectivity index (χ1) is 5.38. The molecular weight excluding hydrogens is 142 g/mol. The number of aromatic nitrogens is 2. The summed E-state index contributed by atoms with van der Waals surface area (Å²) in [6, 6.07) is 0. The number of rotatable bonds is 2. The fourth-order valence-electron chi connectivity index (χ4n) is 0.732. The SMILES string of the molecule is C#CCn1ccnc1/C=N/O. The van der Waals surface area contributed by atoms with Crippen molar-refractivity contribution in [3.05, 3.63) is 18.2 Å². The molecular formula is C7H7N3O. The van der Waals surface area contributed by atoms with Crippen molar-refractivity contribution < 1.29 is 5.21 Å². The van der Waals surface area contributed by atoms with E-state index in [2.05, 4.69) is 16.1 Å². The van der Waals surface area contributed by atoms with E-state index < -0.39 is 0 Å². The van der Waals surface area contributed by atoms with E-state index in [1.54, 1.807) is 17.0 Å². The van der Waals surface area contributed by atoms with Crippen molar-refractivity contribution in [2.75, 3.05) is 0 Å². The van der Waals surface area contributed by atoms with Crippen LogP contribution in [0.4, 0.5) is 0 Å². The average molecular weight is 149 g/mol. The smallest absolute Gasteiger partial charge is 0.155 e. The Balaban J connectivity index is 2.88. The number of hydrogen-bond acceptors (Lipinski definition) is 3. The summed E-state index contributed by atoms with van der Waals surface area (Å²) in [5, 5.41) is 11.0. The number of nitrogens with zero attached hydrogens (tertiary/aromatic N) is 3. The minimum absolute atomic E-state index is 0.432. The topological polar surface area (TPSA) is 50.4 Å². The van der Waals surface area contributed by atoms with Gasteiger partial charge in [0.25, 0.3) is 0 Å². The molecule has 1 heterocycles. The molecule has 0 unspecified atom stereocenters. The molecule has 0 aromatic carbocycles. The Kier molecular flexibility index (Phi) is 2.28. The molecule has 0 radical (unpaired) electrons. The van der Waals surface area contributed by atoms with Crippen LogP contribution in [0.2, 0.25) is 0 Å². The molecule has 0 spiro atoms. The Labute approximate surface area is 64.2 Å². The molecule has 1 N–H and O–H groups in total. The highest BCUT2D eigenvalue weighted by molar-refractivity contribution is 5.74. The second kappa shape index (κ2) is 3.42. The largest absolute Gasteiger partial charge is 0.411 e. The second-order valence-corrected chi connectivity index (χ2v) is 1.86. The third-order valence-electron chi connectivity index (χ3n) is 1.18. The van der Waals surface area contributed by atoms with Crippen LogP contribution < -0.4 is 0 Å². The molecule has 0 atom stereocenters. The molecule has 0 bridgehead atoms. The predicted octanol–water partition coefficient (Wildman–Crippen LogP) is 0.324. The number of hydrogen-bond donors (Lipinski definition) is 1. The van der Waals surface area contributed by atoms with E-state index in [0.717, 1.165) is 0 Å². The highest BCUT2D eigenvalue weighted by atomic mass is 16.4. The molecule has 0 aliphatic carbocycles. The number of terminal acetylenes is 1. The van der Waals surface area contributed by atoms with E-state index in [9.17, 15) is 0 Å². The monoisotopic (exact) mass is 149 g/mol. The van der Waals surface area contributed by atoms with Gasteiger partial charge in [0, 0.05) is 12.4 Å². The van der Waals surface area contributed by atoms with E-state index in [-0.39, 0.29) is 0 Å². The first-order valence-electron chi connectivity index (χ1n) is 3.00. The van der Waals surface area contributed by atoms with Crippen molar-refractivity contribution in [2.24, 2.45) is 5.16 Å². The summed E-state index contributed by atoms with van der Waals surface area (Å²) in [5.41, 5.74) is 0. The zero-order valence-electron chi connectivity index (χ0n) is 5.81. The van der Waals surface area contributed by atoms with Crippen LogP contribution in [-0.4, -0.2) is 21.0 Å². The van der Waals surface area contributed by atoms with Gasteiger partial charge < -0.3 is 9.77 Å². The Morgan fingerprint density at radius 3 is 3.36 bits per heavy atom. The predicted molar refractivity (Wildman–Crippen MR) is 40.4 cm³/mol. The van der Waals surface area contributed by atoms with Crippen LogP contribution >= 0.6 is 0 Å². The van der Waals surface area contributed by atoms with Gasteiger partial charge in [0.1, 0.15) is 6.21 Å². The maximum atomic E-state index is 8.20. The van der Waals surface area contributed by atoms with Crippen LogP contribution in [0.15, 0.2) is 17.5 Å². The first-order valence-corrected chi connectivity index (χ1v) is 3.00. The third kappa shape index (κ3) is 1.58. The standard InChI is InChI=1S/C7H7N3O/c1-2-4-10-5-3-8-7(10)6-9-11/h1,3,5-6,11H,4H2/b9-6+. The zero-order valence-corrected chi connectivity index (χ0v) is 5.81. The maximum absolute atomic E-state index is 8.20. The van der Waals surface area contributed by atoms with Crippen molar-refractivity contribution in [2.45, 2.75) is 6.54 Å². The van der Waals surface area contributed by atoms with Gasteiger partial charge in [-0.2, -0.15) is 0 Å². The van der Waals surface area contributed by atoms with Crippen molar-refractivity contribution in [3.63, 3.8) is 0 Å². The molecule has 4 heteroatoms. The van der Waals surface area contributed by atoms with Gasteiger partial charge in [-0.3, -0.25) is 0 Å². The lowest BCUT2D eigenvalue weighted by molar-refractivity contribution is 0.321. The number of imidazole rings is 1. The Morgan fingerprint density at radius 2 is 2.73 bits per heavy atom. The van der Waals surface area contributed by atoms with Crippen molar-refractivity contribution in [3.8, 4) is 12.3 Å². The molecule has 0 saturated heterocycles. The van der Waals surface area contributed by atoms with Gasteiger partial charge in [0.15, 0.2) is 5.82 Å². The quantitative estimate of drug-likeness (QED) is 0.285. The first kappa shape index (κ1) is 7.35. The van der Waals surface area contributed by atoms with E-state index in [1.165, 1.54) is 6.21 Å². The molecule has 0 fully saturated rings. The summed E-state index contributed by atoms with van der Waals surface area (Å²) in [4.78, 5) is 3.88. The Hall–Kier alpha value is -1.76. The van der Waals surface area contributed by atoms with Gasteiger partial charge in [0.05, 0.1) is 6.54 Å². The summed E-state index contributed by atoms with van der Waals surface area (Å²) >= 11 is 0. The van der Waals surface area contributed by atoms with E-state index in [1.807, 2.05) is 0 Å². The molecule has 1 aromatic heterocycles. The van der Waals surface area contributed by atoms with Crippen molar-refractivity contribution in [1.82, 2.24) is 9.55 Å². The summed E-state index contributed by atoms with van der Waals surface area (Å²) in [7, 11) is 0. The highest BCUT2D eigenvalue weighted by Crippen LogP contribution is 1.92. The Bertz CT molecular complexity index is 295. The summed E-state index contributed by atoms with van der Waals surface area (Å²) in [6.45, 7) is 0.432. The Morgan fingerprint density at radius 1 is 1.91 bits per heavy atom. The normalized spacial score (nSPS) is 10.1. The number of oxime groups is 1. The fraction of sp³-hybridized carbons (Fsp3) is 0.143. The third-order valence-corrected chi connectivity index (χ3v) is 1.18. The molecule has 1 aromatic rings. The van der Waals surface area contributed by atoms with E-state index in [4.69, 9.17) is 11.6 Å². The zero-order chi connectivity index (χ0) is 8.10. The van der Waals surface area contributed by atoms with Crippen LogP contribution in [0.1, 0.15) is 5.82 Å². The minimum Gasteiger partial charge on any atom is -0.411 e. The van der Waals surface area contributed by atoms with E-state index in [0.29, 0.717) is 12.4 Å². The van der Waals surface area contributed by atoms with Crippen LogP contribution in [0.5, 0.6) is 0 Å². The summed E-state index contributed by atoms with van der Waals surface area (Å²) in [5.74, 6) is 3.00. The summed E-state index contributed by atoms with van der Waals surface area (Å²) < 4.78 is 1.69. The molecule has 0 aliphatic rings. The molecule has 0 saturated carbocycles. The molecule has 0 aliphatic heterocycles. The molecule has 4 nitrogen and oxygen atoms in total. The van der Waals surface area contributed by atoms with Crippen LogP contribution in [0.25, 0.3) is 0 Å². The fourth-order valence-corrected chi connectivity index (χ4v) is 0.732. The lowest BCUT2D eigenvalue weighted by Gasteiger charge is -1.95. The van der Waals surface area contributed by atoms with Gasteiger partial charge in [-0.1, -0.05) is 11.1 Å². The van der Waals surface area contributed by atoms with Crippen molar-refractivity contribution in [1.29, 1.82) is 0 Å². The minimum atomic E-state index is 0.432.